The molecule has 0 bridgehead atoms. The number of anilines is 1. The summed E-state index contributed by atoms with van der Waals surface area (Å²) in [6.07, 6.45) is 3.69. The number of carbonyl (C=O) groups is 1. The summed E-state index contributed by atoms with van der Waals surface area (Å²) in [5.41, 5.74) is 1.83. The van der Waals surface area contributed by atoms with Gasteiger partial charge >= 0.3 is 0 Å². The molecule has 1 saturated heterocycles. The third kappa shape index (κ3) is 2.99. The first-order chi connectivity index (χ1) is 11.9. The Bertz CT molecular complexity index is 759. The second-order valence-corrected chi connectivity index (χ2v) is 7.44. The number of aliphatic hydroxyl groups is 1. The lowest BCUT2D eigenvalue weighted by atomic mass is 9.74. The molecule has 0 radical (unpaired) electrons. The highest BCUT2D eigenvalue weighted by molar-refractivity contribution is 6.08. The fourth-order valence-corrected chi connectivity index (χ4v) is 4.36. The summed E-state index contributed by atoms with van der Waals surface area (Å²) in [5, 5.41) is 10.8. The van der Waals surface area contributed by atoms with Crippen LogP contribution in [0, 0.1) is 11.7 Å². The molecule has 5 nitrogen and oxygen atoms in total. The molecule has 0 amide bonds. The molecular weight excluding hydrogens is 321 g/mol. The van der Waals surface area contributed by atoms with Crippen molar-refractivity contribution in [1.82, 2.24) is 4.98 Å². The van der Waals surface area contributed by atoms with Gasteiger partial charge in [-0.1, -0.05) is 0 Å². The van der Waals surface area contributed by atoms with E-state index in [-0.39, 0.29) is 18.0 Å². The molecule has 0 saturated carbocycles. The molecule has 1 aliphatic carbocycles. The van der Waals surface area contributed by atoms with E-state index in [4.69, 9.17) is 0 Å². The fourth-order valence-electron chi connectivity index (χ4n) is 4.36. The van der Waals surface area contributed by atoms with Crippen LogP contribution < -0.4 is 4.90 Å². The highest BCUT2D eigenvalue weighted by Gasteiger charge is 2.43. The molecule has 25 heavy (non-hydrogen) atoms. The molecule has 1 fully saturated rings. The molecule has 1 aromatic heterocycles. The number of aliphatic imine (C=N–C) groups is 1. The molecule has 3 heterocycles. The van der Waals surface area contributed by atoms with Gasteiger partial charge in [0.05, 0.1) is 18.3 Å². The van der Waals surface area contributed by atoms with Gasteiger partial charge in [0.15, 0.2) is 0 Å². The van der Waals surface area contributed by atoms with Gasteiger partial charge in [0.1, 0.15) is 17.4 Å². The molecule has 0 aromatic carbocycles. The van der Waals surface area contributed by atoms with Crippen LogP contribution in [0.25, 0.3) is 0 Å². The van der Waals surface area contributed by atoms with E-state index >= 15 is 0 Å². The molecule has 1 atom stereocenters. The molecule has 1 unspecified atom stereocenters. The number of aromatic nitrogens is 1. The Kier molecular flexibility index (Phi) is 3.95. The number of carbonyl (C=O) groups excluding carboxylic acids is 1. The van der Waals surface area contributed by atoms with Crippen LogP contribution in [0.5, 0.6) is 0 Å². The van der Waals surface area contributed by atoms with E-state index in [0.29, 0.717) is 18.9 Å². The van der Waals surface area contributed by atoms with Gasteiger partial charge in [-0.2, -0.15) is 0 Å². The van der Waals surface area contributed by atoms with Crippen molar-refractivity contribution in [3.63, 3.8) is 0 Å². The average Bonchev–Trinajstić information content (AvgIpc) is 3.00. The van der Waals surface area contributed by atoms with E-state index in [0.717, 1.165) is 48.6 Å². The molecule has 6 heteroatoms. The third-order valence-corrected chi connectivity index (χ3v) is 5.46. The minimum Gasteiger partial charge on any atom is -0.385 e. The number of halogens is 1. The maximum Gasteiger partial charge on any atom is 0.141 e. The Morgan fingerprint density at radius 3 is 2.76 bits per heavy atom. The maximum atomic E-state index is 13.0. The van der Waals surface area contributed by atoms with Gasteiger partial charge in [-0.3, -0.25) is 9.79 Å². The molecule has 3 aliphatic rings. The van der Waals surface area contributed by atoms with Gasteiger partial charge in [-0.05, 0) is 37.5 Å². The van der Waals surface area contributed by atoms with Gasteiger partial charge in [0.2, 0.25) is 0 Å². The standard InChI is InChI=1S/C19H22FN3O2/c1-19(25)9-15(24)8-13-10-22-18(17(13)19)12-4-6-23(7-5-12)16-3-2-14(20)11-21-16/h2-3,11-12,25H,4-10H2,1H3. The quantitative estimate of drug-likeness (QED) is 0.895. The fraction of sp³-hybridized carbons (Fsp3) is 0.526. The first-order valence-corrected chi connectivity index (χ1v) is 8.82. The normalized spacial score (nSPS) is 27.6. The van der Waals surface area contributed by atoms with Crippen molar-refractivity contribution in [2.24, 2.45) is 10.9 Å². The predicted octanol–water partition coefficient (Wildman–Crippen LogP) is 2.30. The van der Waals surface area contributed by atoms with Crippen molar-refractivity contribution in [2.45, 2.75) is 38.2 Å². The topological polar surface area (TPSA) is 65.8 Å². The van der Waals surface area contributed by atoms with Gasteiger partial charge in [-0.15, -0.1) is 0 Å². The Labute approximate surface area is 146 Å². The number of hydrogen-bond donors (Lipinski definition) is 1. The van der Waals surface area contributed by atoms with E-state index < -0.39 is 5.60 Å². The van der Waals surface area contributed by atoms with E-state index in [1.54, 1.807) is 13.0 Å². The zero-order valence-electron chi connectivity index (χ0n) is 14.3. The largest absolute Gasteiger partial charge is 0.385 e. The maximum absolute atomic E-state index is 13.0. The van der Waals surface area contributed by atoms with Crippen molar-refractivity contribution in [1.29, 1.82) is 0 Å². The lowest BCUT2D eigenvalue weighted by Crippen LogP contribution is -2.42. The smallest absolute Gasteiger partial charge is 0.141 e. The average molecular weight is 343 g/mol. The minimum absolute atomic E-state index is 0.0948. The summed E-state index contributed by atoms with van der Waals surface area (Å²) in [6.45, 7) is 3.93. The summed E-state index contributed by atoms with van der Waals surface area (Å²) >= 11 is 0. The second kappa shape index (κ2) is 6.02. The number of nitrogens with zero attached hydrogens (tertiary/aromatic N) is 3. The molecular formula is C19H22FN3O2. The first-order valence-electron chi connectivity index (χ1n) is 8.82. The van der Waals surface area contributed by atoms with Gasteiger partial charge < -0.3 is 10.0 Å². The number of ketones is 1. The number of pyridine rings is 1. The Morgan fingerprint density at radius 1 is 1.32 bits per heavy atom. The lowest BCUT2D eigenvalue weighted by molar-refractivity contribution is -0.122. The summed E-state index contributed by atoms with van der Waals surface area (Å²) < 4.78 is 13.0. The second-order valence-electron chi connectivity index (χ2n) is 7.44. The minimum atomic E-state index is -1.09. The Balaban J connectivity index is 1.48. The van der Waals surface area contributed by atoms with Gasteiger partial charge in [-0.25, -0.2) is 9.37 Å². The lowest BCUT2D eigenvalue weighted by Gasteiger charge is -2.37. The summed E-state index contributed by atoms with van der Waals surface area (Å²) in [4.78, 5) is 22.8. The van der Waals surface area contributed by atoms with Crippen LogP contribution in [0.3, 0.4) is 0 Å². The van der Waals surface area contributed by atoms with Crippen molar-refractivity contribution in [3.8, 4) is 0 Å². The van der Waals surface area contributed by atoms with Gasteiger partial charge in [0.25, 0.3) is 0 Å². The SMILES string of the molecule is CC1(O)CC(=O)CC2=C1C(C1CCN(c3ccc(F)cn3)CC1)=NC2. The van der Waals surface area contributed by atoms with E-state index in [2.05, 4.69) is 14.9 Å². The molecule has 2 aliphatic heterocycles. The first kappa shape index (κ1) is 16.4. The van der Waals surface area contributed by atoms with E-state index in [9.17, 15) is 14.3 Å². The van der Waals surface area contributed by atoms with Crippen LogP contribution in [-0.2, 0) is 4.79 Å². The van der Waals surface area contributed by atoms with Crippen LogP contribution in [0.4, 0.5) is 10.2 Å². The predicted molar refractivity (Wildman–Crippen MR) is 93.3 cm³/mol. The number of rotatable bonds is 2. The summed E-state index contributed by atoms with van der Waals surface area (Å²) in [6, 6.07) is 3.14. The molecule has 4 rings (SSSR count). The summed E-state index contributed by atoms with van der Waals surface area (Å²) in [7, 11) is 0. The molecule has 0 spiro atoms. The third-order valence-electron chi connectivity index (χ3n) is 5.46. The van der Waals surface area contributed by atoms with E-state index in [1.807, 2.05) is 0 Å². The van der Waals surface area contributed by atoms with Crippen LogP contribution >= 0.6 is 0 Å². The van der Waals surface area contributed by atoms with Crippen molar-refractivity contribution in [2.75, 3.05) is 24.5 Å². The van der Waals surface area contributed by atoms with Crippen LogP contribution in [0.2, 0.25) is 0 Å². The highest BCUT2D eigenvalue weighted by atomic mass is 19.1. The number of hydrogen-bond acceptors (Lipinski definition) is 5. The van der Waals surface area contributed by atoms with Crippen molar-refractivity contribution >= 4 is 17.3 Å². The van der Waals surface area contributed by atoms with E-state index in [1.165, 1.54) is 12.3 Å². The molecule has 1 aromatic rings. The van der Waals surface area contributed by atoms with Crippen LogP contribution in [0.1, 0.15) is 32.6 Å². The zero-order valence-corrected chi connectivity index (χ0v) is 14.3. The van der Waals surface area contributed by atoms with Crippen LogP contribution in [0.15, 0.2) is 34.5 Å². The van der Waals surface area contributed by atoms with Crippen molar-refractivity contribution in [3.05, 3.63) is 35.3 Å². The summed E-state index contributed by atoms with van der Waals surface area (Å²) in [5.74, 6) is 0.858. The zero-order chi connectivity index (χ0) is 17.6. The molecule has 1 N–H and O–H groups in total. The molecule has 132 valence electrons. The monoisotopic (exact) mass is 343 g/mol. The van der Waals surface area contributed by atoms with Crippen LogP contribution in [-0.4, -0.2) is 46.8 Å². The Morgan fingerprint density at radius 2 is 2.08 bits per heavy atom. The van der Waals surface area contributed by atoms with Crippen molar-refractivity contribution < 1.29 is 14.3 Å². The highest BCUT2D eigenvalue weighted by Crippen LogP contribution is 2.39. The number of Topliss-reactive ketones (excluding diaryl/α,β-unsaturated/α-hetero) is 1. The Hall–Kier alpha value is -2.08. The van der Waals surface area contributed by atoms with Gasteiger partial charge in [0, 0.05) is 43.1 Å². The number of piperidine rings is 1.